The lowest BCUT2D eigenvalue weighted by Gasteiger charge is -2.33. The van der Waals surface area contributed by atoms with Gasteiger partial charge < -0.3 is 4.74 Å². The van der Waals surface area contributed by atoms with Crippen LogP contribution in [0.25, 0.3) is 0 Å². The van der Waals surface area contributed by atoms with E-state index >= 15 is 0 Å². The molecule has 0 aromatic heterocycles. The zero-order valence-electron chi connectivity index (χ0n) is 12.3. The molecule has 21 heavy (non-hydrogen) atoms. The SMILES string of the molecule is CC1CC(N2CCC(C(=O)c3ccccc3)CC2)C(=O)O1. The highest BCUT2D eigenvalue weighted by molar-refractivity contribution is 5.97. The Morgan fingerprint density at radius 2 is 1.86 bits per heavy atom. The second-order valence-corrected chi connectivity index (χ2v) is 6.04. The molecule has 4 heteroatoms. The van der Waals surface area contributed by atoms with Gasteiger partial charge in [-0.25, -0.2) is 0 Å². The summed E-state index contributed by atoms with van der Waals surface area (Å²) in [4.78, 5) is 26.4. The first kappa shape index (κ1) is 14.3. The molecule has 0 aliphatic carbocycles. The van der Waals surface area contributed by atoms with E-state index in [0.29, 0.717) is 0 Å². The van der Waals surface area contributed by atoms with Crippen LogP contribution < -0.4 is 0 Å². The van der Waals surface area contributed by atoms with Crippen LogP contribution in [-0.4, -0.2) is 41.9 Å². The van der Waals surface area contributed by atoms with Gasteiger partial charge in [-0.05, 0) is 32.9 Å². The molecule has 2 heterocycles. The molecule has 0 radical (unpaired) electrons. The smallest absolute Gasteiger partial charge is 0.323 e. The Bertz CT molecular complexity index is 520. The minimum absolute atomic E-state index is 0.0196. The van der Waals surface area contributed by atoms with Gasteiger partial charge in [0, 0.05) is 17.9 Å². The van der Waals surface area contributed by atoms with E-state index in [1.165, 1.54) is 0 Å². The second-order valence-electron chi connectivity index (χ2n) is 6.04. The first-order valence-corrected chi connectivity index (χ1v) is 7.69. The van der Waals surface area contributed by atoms with E-state index < -0.39 is 0 Å². The van der Waals surface area contributed by atoms with Gasteiger partial charge in [0.2, 0.25) is 0 Å². The monoisotopic (exact) mass is 287 g/mol. The van der Waals surface area contributed by atoms with Crippen LogP contribution in [0.1, 0.15) is 36.5 Å². The number of piperidine rings is 1. The molecule has 0 saturated carbocycles. The number of likely N-dealkylation sites (tertiary alicyclic amines) is 1. The number of hydrogen-bond donors (Lipinski definition) is 0. The summed E-state index contributed by atoms with van der Waals surface area (Å²) in [6, 6.07) is 9.38. The van der Waals surface area contributed by atoms with Crippen LogP contribution in [0.5, 0.6) is 0 Å². The Labute approximate surface area is 125 Å². The highest BCUT2D eigenvalue weighted by atomic mass is 16.6. The minimum atomic E-state index is -0.104. The fraction of sp³-hybridized carbons (Fsp3) is 0.529. The summed E-state index contributed by atoms with van der Waals surface area (Å²) in [5.74, 6) is 0.214. The number of nitrogens with zero attached hydrogens (tertiary/aromatic N) is 1. The number of Topliss-reactive ketones (excluding diaryl/α,β-unsaturated/α-hetero) is 1. The van der Waals surface area contributed by atoms with Crippen molar-refractivity contribution >= 4 is 11.8 Å². The fourth-order valence-electron chi connectivity index (χ4n) is 3.35. The van der Waals surface area contributed by atoms with E-state index in [1.54, 1.807) is 0 Å². The molecule has 0 amide bonds. The predicted molar refractivity (Wildman–Crippen MR) is 79.0 cm³/mol. The van der Waals surface area contributed by atoms with Crippen LogP contribution in [0, 0.1) is 5.92 Å². The number of ketones is 1. The molecule has 4 nitrogen and oxygen atoms in total. The summed E-state index contributed by atoms with van der Waals surface area (Å²) in [5, 5.41) is 0. The Hall–Kier alpha value is -1.68. The van der Waals surface area contributed by atoms with Crippen molar-refractivity contribution in [2.45, 2.75) is 38.3 Å². The zero-order valence-corrected chi connectivity index (χ0v) is 12.3. The van der Waals surface area contributed by atoms with Crippen molar-refractivity contribution in [3.8, 4) is 0 Å². The first-order valence-electron chi connectivity index (χ1n) is 7.69. The van der Waals surface area contributed by atoms with Crippen molar-refractivity contribution in [3.05, 3.63) is 35.9 Å². The first-order chi connectivity index (χ1) is 10.1. The standard InChI is InChI=1S/C17H21NO3/c1-12-11-15(17(20)21-12)18-9-7-14(8-10-18)16(19)13-5-3-2-4-6-13/h2-6,12,14-15H,7-11H2,1H3. The number of rotatable bonds is 3. The predicted octanol–water partition coefficient (Wildman–Crippen LogP) is 2.29. The Morgan fingerprint density at radius 1 is 1.19 bits per heavy atom. The molecule has 1 aromatic rings. The van der Waals surface area contributed by atoms with Crippen molar-refractivity contribution in [3.63, 3.8) is 0 Å². The van der Waals surface area contributed by atoms with Crippen LogP contribution in [0.3, 0.4) is 0 Å². The number of esters is 1. The van der Waals surface area contributed by atoms with E-state index in [2.05, 4.69) is 4.90 Å². The molecule has 2 aliphatic heterocycles. The molecule has 0 N–H and O–H groups in total. The largest absolute Gasteiger partial charge is 0.461 e. The number of carbonyl (C=O) groups is 2. The molecule has 2 aliphatic rings. The quantitative estimate of drug-likeness (QED) is 0.632. The molecule has 2 saturated heterocycles. The van der Waals surface area contributed by atoms with E-state index in [4.69, 9.17) is 4.74 Å². The van der Waals surface area contributed by atoms with E-state index in [1.807, 2.05) is 37.3 Å². The molecular formula is C17H21NO3. The highest BCUT2D eigenvalue weighted by Gasteiger charge is 2.38. The molecule has 3 rings (SSSR count). The summed E-state index contributed by atoms with van der Waals surface area (Å²) >= 11 is 0. The molecule has 2 unspecified atom stereocenters. The normalized spacial score (nSPS) is 27.6. The summed E-state index contributed by atoms with van der Waals surface area (Å²) in [7, 11) is 0. The molecule has 112 valence electrons. The average Bonchev–Trinajstić information content (AvgIpc) is 2.86. The lowest BCUT2D eigenvalue weighted by Crippen LogP contribution is -2.44. The van der Waals surface area contributed by atoms with Gasteiger partial charge in [0.15, 0.2) is 5.78 Å². The number of ether oxygens (including phenoxy) is 1. The Balaban J connectivity index is 1.58. The van der Waals surface area contributed by atoms with Gasteiger partial charge in [0.05, 0.1) is 0 Å². The maximum atomic E-state index is 12.4. The van der Waals surface area contributed by atoms with Gasteiger partial charge in [-0.2, -0.15) is 0 Å². The van der Waals surface area contributed by atoms with Crippen molar-refractivity contribution in [1.29, 1.82) is 0 Å². The van der Waals surface area contributed by atoms with E-state index in [0.717, 1.165) is 37.9 Å². The lowest BCUT2D eigenvalue weighted by atomic mass is 9.88. The summed E-state index contributed by atoms with van der Waals surface area (Å²) in [5.41, 5.74) is 0.796. The average molecular weight is 287 g/mol. The minimum Gasteiger partial charge on any atom is -0.461 e. The van der Waals surface area contributed by atoms with Crippen LogP contribution in [0.4, 0.5) is 0 Å². The topological polar surface area (TPSA) is 46.6 Å². The number of hydrogen-bond acceptors (Lipinski definition) is 4. The Morgan fingerprint density at radius 3 is 2.43 bits per heavy atom. The van der Waals surface area contributed by atoms with Crippen LogP contribution in [0.15, 0.2) is 30.3 Å². The van der Waals surface area contributed by atoms with Crippen LogP contribution in [-0.2, 0) is 9.53 Å². The molecule has 1 aromatic carbocycles. The van der Waals surface area contributed by atoms with Gasteiger partial charge in [-0.3, -0.25) is 14.5 Å². The molecule has 0 spiro atoms. The molecule has 0 bridgehead atoms. The third-order valence-electron chi connectivity index (χ3n) is 4.54. The lowest BCUT2D eigenvalue weighted by molar-refractivity contribution is -0.145. The second kappa shape index (κ2) is 5.98. The van der Waals surface area contributed by atoms with Crippen molar-refractivity contribution in [1.82, 2.24) is 4.90 Å². The maximum Gasteiger partial charge on any atom is 0.323 e. The molecule has 2 fully saturated rings. The third kappa shape index (κ3) is 3.00. The van der Waals surface area contributed by atoms with Crippen molar-refractivity contribution in [2.24, 2.45) is 5.92 Å². The maximum absolute atomic E-state index is 12.4. The van der Waals surface area contributed by atoms with Gasteiger partial charge in [0.1, 0.15) is 12.1 Å². The number of carbonyl (C=O) groups excluding carboxylic acids is 2. The highest BCUT2D eigenvalue weighted by Crippen LogP contribution is 2.27. The van der Waals surface area contributed by atoms with Gasteiger partial charge >= 0.3 is 5.97 Å². The summed E-state index contributed by atoms with van der Waals surface area (Å²) in [6.45, 7) is 3.54. The third-order valence-corrected chi connectivity index (χ3v) is 4.54. The van der Waals surface area contributed by atoms with Gasteiger partial charge in [0.25, 0.3) is 0 Å². The number of benzene rings is 1. The van der Waals surface area contributed by atoms with Crippen LogP contribution in [0.2, 0.25) is 0 Å². The van der Waals surface area contributed by atoms with Crippen LogP contribution >= 0.6 is 0 Å². The summed E-state index contributed by atoms with van der Waals surface area (Å²) in [6.07, 6.45) is 2.44. The van der Waals surface area contributed by atoms with E-state index in [9.17, 15) is 9.59 Å². The molecular weight excluding hydrogens is 266 g/mol. The number of cyclic esters (lactones) is 1. The Kier molecular flexibility index (Phi) is 4.06. The van der Waals surface area contributed by atoms with Gasteiger partial charge in [-0.1, -0.05) is 30.3 Å². The zero-order chi connectivity index (χ0) is 14.8. The fourth-order valence-corrected chi connectivity index (χ4v) is 3.35. The summed E-state index contributed by atoms with van der Waals surface area (Å²) < 4.78 is 5.22. The van der Waals surface area contributed by atoms with Crippen molar-refractivity contribution in [2.75, 3.05) is 13.1 Å². The molecule has 2 atom stereocenters. The van der Waals surface area contributed by atoms with Gasteiger partial charge in [-0.15, -0.1) is 0 Å². The van der Waals surface area contributed by atoms with E-state index in [-0.39, 0.29) is 29.8 Å². The van der Waals surface area contributed by atoms with Crippen molar-refractivity contribution < 1.29 is 14.3 Å².